The van der Waals surface area contributed by atoms with Gasteiger partial charge < -0.3 is 9.30 Å². The zero-order valence-electron chi connectivity index (χ0n) is 11.8. The molecule has 0 N–H and O–H groups in total. The first-order valence-electron chi connectivity index (χ1n) is 6.94. The first kappa shape index (κ1) is 14.4. The van der Waals surface area contributed by atoms with E-state index in [0.29, 0.717) is 6.29 Å². The molecule has 0 bridgehead atoms. The van der Waals surface area contributed by atoms with Crippen LogP contribution in [0.3, 0.4) is 0 Å². The third-order valence-corrected chi connectivity index (χ3v) is 3.61. The molecule has 1 fully saturated rings. The largest absolute Gasteiger partial charge is 0.462 e. The number of aldehydes is 1. The van der Waals surface area contributed by atoms with Gasteiger partial charge in [-0.2, -0.15) is 4.39 Å². The van der Waals surface area contributed by atoms with Crippen molar-refractivity contribution in [3.05, 3.63) is 39.7 Å². The summed E-state index contributed by atoms with van der Waals surface area (Å²) in [7, 11) is 0. The smallest absolute Gasteiger partial charge is 0.343 e. The van der Waals surface area contributed by atoms with E-state index in [0.717, 1.165) is 19.0 Å². The Kier molecular flexibility index (Phi) is 3.48. The summed E-state index contributed by atoms with van der Waals surface area (Å²) in [5.41, 5.74) is -0.826. The minimum absolute atomic E-state index is 0.0387. The monoisotopic (exact) mass is 304 g/mol. The lowest BCUT2D eigenvalue weighted by atomic mass is 10.1. The number of fused-ring (bicyclic) bond motifs is 1. The first-order valence-corrected chi connectivity index (χ1v) is 6.94. The summed E-state index contributed by atoms with van der Waals surface area (Å²) in [5.74, 6) is -1.67. The zero-order chi connectivity index (χ0) is 15.9. The van der Waals surface area contributed by atoms with Crippen LogP contribution in [0.2, 0.25) is 0 Å². The highest BCUT2D eigenvalue weighted by Crippen LogP contribution is 2.37. The molecule has 2 aromatic heterocycles. The lowest BCUT2D eigenvalue weighted by Gasteiger charge is -2.13. The normalized spacial score (nSPS) is 14.1. The number of aromatic nitrogens is 2. The molecule has 0 aliphatic heterocycles. The van der Waals surface area contributed by atoms with Crippen molar-refractivity contribution in [2.24, 2.45) is 0 Å². The van der Waals surface area contributed by atoms with Crippen molar-refractivity contribution >= 4 is 23.2 Å². The molecule has 1 aliphatic rings. The molecular formula is C15H13FN2O4. The van der Waals surface area contributed by atoms with Crippen LogP contribution in [0.4, 0.5) is 4.39 Å². The van der Waals surface area contributed by atoms with Gasteiger partial charge in [0.25, 0.3) is 0 Å². The van der Waals surface area contributed by atoms with Crippen LogP contribution in [0, 0.1) is 5.95 Å². The van der Waals surface area contributed by atoms with Gasteiger partial charge in [-0.1, -0.05) is 0 Å². The van der Waals surface area contributed by atoms with E-state index in [2.05, 4.69) is 4.98 Å². The molecular weight excluding hydrogens is 291 g/mol. The number of ether oxygens (including phenoxy) is 1. The molecule has 1 aliphatic carbocycles. The van der Waals surface area contributed by atoms with Gasteiger partial charge >= 0.3 is 5.97 Å². The average molecular weight is 304 g/mol. The summed E-state index contributed by atoms with van der Waals surface area (Å²) in [6.07, 6.45) is 4.42. The summed E-state index contributed by atoms with van der Waals surface area (Å²) in [6.45, 7) is 1.78. The number of rotatable bonds is 4. The average Bonchev–Trinajstić information content (AvgIpc) is 3.32. The molecule has 0 radical (unpaired) electrons. The second-order valence-corrected chi connectivity index (χ2v) is 5.07. The van der Waals surface area contributed by atoms with Crippen LogP contribution in [-0.2, 0) is 4.74 Å². The predicted octanol–water partition coefficient (Wildman–Crippen LogP) is 1.86. The lowest BCUT2D eigenvalue weighted by Crippen LogP contribution is -2.22. The molecule has 3 rings (SSSR count). The van der Waals surface area contributed by atoms with Gasteiger partial charge in [0.1, 0.15) is 5.56 Å². The van der Waals surface area contributed by atoms with Crippen LogP contribution in [0.1, 0.15) is 46.5 Å². The van der Waals surface area contributed by atoms with Crippen molar-refractivity contribution in [1.82, 2.24) is 9.55 Å². The molecule has 0 unspecified atom stereocenters. The molecule has 0 atom stereocenters. The summed E-state index contributed by atoms with van der Waals surface area (Å²) >= 11 is 0. The minimum Gasteiger partial charge on any atom is -0.462 e. The van der Waals surface area contributed by atoms with Crippen LogP contribution in [-0.4, -0.2) is 28.4 Å². The standard InChI is InChI=1S/C15H13FN2O4/c1-2-22-15(21)10-6-18(8-3-4-8)12-9(13(10)20)5-17-14(16)11(12)7-19/h5-8H,2-4H2,1H3. The molecule has 0 saturated heterocycles. The van der Waals surface area contributed by atoms with Gasteiger partial charge in [-0.15, -0.1) is 0 Å². The van der Waals surface area contributed by atoms with Crippen molar-refractivity contribution < 1.29 is 18.7 Å². The highest BCUT2D eigenvalue weighted by molar-refractivity contribution is 5.99. The van der Waals surface area contributed by atoms with Crippen LogP contribution in [0.25, 0.3) is 10.9 Å². The molecule has 0 spiro atoms. The minimum atomic E-state index is -0.930. The van der Waals surface area contributed by atoms with Crippen LogP contribution in [0.15, 0.2) is 17.2 Å². The van der Waals surface area contributed by atoms with E-state index in [1.165, 1.54) is 6.20 Å². The number of hydrogen-bond acceptors (Lipinski definition) is 5. The fourth-order valence-electron chi connectivity index (χ4n) is 2.45. The van der Waals surface area contributed by atoms with Crippen LogP contribution >= 0.6 is 0 Å². The summed E-state index contributed by atoms with van der Waals surface area (Å²) in [5, 5.41) is 0.0425. The fraction of sp³-hybridized carbons (Fsp3) is 0.333. The number of carbonyl (C=O) groups excluding carboxylic acids is 2. The Labute approximate surface area is 124 Å². The van der Waals surface area contributed by atoms with Crippen molar-refractivity contribution in [3.63, 3.8) is 0 Å². The maximum atomic E-state index is 13.7. The molecule has 2 heterocycles. The van der Waals surface area contributed by atoms with Gasteiger partial charge in [-0.25, -0.2) is 9.78 Å². The van der Waals surface area contributed by atoms with Gasteiger partial charge in [0.15, 0.2) is 6.29 Å². The Balaban J connectivity index is 2.38. The summed E-state index contributed by atoms with van der Waals surface area (Å²) in [4.78, 5) is 39.0. The Hall–Kier alpha value is -2.57. The third kappa shape index (κ3) is 2.18. The van der Waals surface area contributed by atoms with E-state index in [1.54, 1.807) is 11.5 Å². The molecule has 7 heteroatoms. The Morgan fingerprint density at radius 3 is 2.86 bits per heavy atom. The second-order valence-electron chi connectivity index (χ2n) is 5.07. The van der Waals surface area contributed by atoms with Crippen molar-refractivity contribution in [3.8, 4) is 0 Å². The molecule has 114 valence electrons. The van der Waals surface area contributed by atoms with E-state index in [9.17, 15) is 18.8 Å². The summed E-state index contributed by atoms with van der Waals surface area (Å²) in [6, 6.07) is 0.0387. The van der Waals surface area contributed by atoms with Crippen molar-refractivity contribution in [2.45, 2.75) is 25.8 Å². The summed E-state index contributed by atoms with van der Waals surface area (Å²) < 4.78 is 20.2. The maximum absolute atomic E-state index is 13.7. The Bertz CT molecular complexity index is 840. The number of nitrogens with zero attached hydrogens (tertiary/aromatic N) is 2. The molecule has 0 amide bonds. The van der Waals surface area contributed by atoms with Crippen LogP contribution < -0.4 is 5.43 Å². The zero-order valence-corrected chi connectivity index (χ0v) is 11.8. The van der Waals surface area contributed by atoms with E-state index in [1.807, 2.05) is 0 Å². The number of carbonyl (C=O) groups is 2. The Morgan fingerprint density at radius 1 is 1.55 bits per heavy atom. The SMILES string of the molecule is CCOC(=O)c1cn(C2CC2)c2c(C=O)c(F)ncc2c1=O. The molecule has 2 aromatic rings. The second kappa shape index (κ2) is 5.32. The first-order chi connectivity index (χ1) is 10.6. The highest BCUT2D eigenvalue weighted by atomic mass is 19.1. The van der Waals surface area contributed by atoms with E-state index in [4.69, 9.17) is 4.74 Å². The fourth-order valence-corrected chi connectivity index (χ4v) is 2.45. The van der Waals surface area contributed by atoms with E-state index in [-0.39, 0.29) is 34.7 Å². The molecule has 1 saturated carbocycles. The molecule has 22 heavy (non-hydrogen) atoms. The topological polar surface area (TPSA) is 78.3 Å². The van der Waals surface area contributed by atoms with E-state index >= 15 is 0 Å². The van der Waals surface area contributed by atoms with Gasteiger partial charge in [0.2, 0.25) is 11.4 Å². The maximum Gasteiger partial charge on any atom is 0.343 e. The predicted molar refractivity (Wildman–Crippen MR) is 75.6 cm³/mol. The highest BCUT2D eigenvalue weighted by Gasteiger charge is 2.29. The quantitative estimate of drug-likeness (QED) is 0.489. The van der Waals surface area contributed by atoms with E-state index < -0.39 is 17.3 Å². The number of hydrogen-bond donors (Lipinski definition) is 0. The number of halogens is 1. The van der Waals surface area contributed by atoms with Crippen molar-refractivity contribution in [1.29, 1.82) is 0 Å². The molecule has 0 aromatic carbocycles. The van der Waals surface area contributed by atoms with Crippen molar-refractivity contribution in [2.75, 3.05) is 6.61 Å². The lowest BCUT2D eigenvalue weighted by molar-refractivity contribution is 0.0524. The van der Waals surface area contributed by atoms with Gasteiger partial charge in [-0.3, -0.25) is 9.59 Å². The van der Waals surface area contributed by atoms with Gasteiger partial charge in [-0.05, 0) is 19.8 Å². The van der Waals surface area contributed by atoms with Gasteiger partial charge in [0.05, 0.1) is 23.1 Å². The van der Waals surface area contributed by atoms with Crippen LogP contribution in [0.5, 0.6) is 0 Å². The number of pyridine rings is 2. The third-order valence-electron chi connectivity index (χ3n) is 3.61. The van der Waals surface area contributed by atoms with Gasteiger partial charge in [0, 0.05) is 18.4 Å². The molecule has 6 nitrogen and oxygen atoms in total. The Morgan fingerprint density at radius 2 is 2.27 bits per heavy atom. The number of esters is 1.